The largest absolute Gasteiger partial charge is 0.412 e. The SMILES string of the molecule is CCNS(=O)c1ccc2ccccc2c1.O. The molecule has 0 aliphatic heterocycles. The van der Waals surface area contributed by atoms with Gasteiger partial charge >= 0.3 is 0 Å². The first-order chi connectivity index (χ1) is 7.31. The van der Waals surface area contributed by atoms with Gasteiger partial charge in [0.15, 0.2) is 0 Å². The molecule has 0 spiro atoms. The van der Waals surface area contributed by atoms with Gasteiger partial charge in [-0.25, -0.2) is 8.93 Å². The number of benzene rings is 2. The summed E-state index contributed by atoms with van der Waals surface area (Å²) in [5, 5.41) is 2.30. The van der Waals surface area contributed by atoms with Crippen LogP contribution >= 0.6 is 0 Å². The molecule has 0 saturated heterocycles. The molecule has 2 aromatic carbocycles. The molecule has 0 bridgehead atoms. The molecular weight excluding hydrogens is 222 g/mol. The van der Waals surface area contributed by atoms with Crippen LogP contribution in [-0.4, -0.2) is 16.2 Å². The van der Waals surface area contributed by atoms with Crippen LogP contribution in [0.2, 0.25) is 0 Å². The fourth-order valence-corrected chi connectivity index (χ4v) is 2.35. The fraction of sp³-hybridized carbons (Fsp3) is 0.167. The van der Waals surface area contributed by atoms with Crippen LogP contribution in [0.25, 0.3) is 10.8 Å². The third-order valence-corrected chi connectivity index (χ3v) is 3.44. The van der Waals surface area contributed by atoms with E-state index < -0.39 is 11.0 Å². The van der Waals surface area contributed by atoms with Crippen LogP contribution in [0.5, 0.6) is 0 Å². The lowest BCUT2D eigenvalue weighted by Gasteiger charge is -2.03. The Morgan fingerprint density at radius 1 is 1.12 bits per heavy atom. The predicted octanol–water partition coefficient (Wildman–Crippen LogP) is 1.65. The average Bonchev–Trinajstić information content (AvgIpc) is 2.29. The van der Waals surface area contributed by atoms with E-state index in [9.17, 15) is 4.21 Å². The molecule has 0 aliphatic rings. The average molecular weight is 237 g/mol. The molecule has 0 heterocycles. The van der Waals surface area contributed by atoms with E-state index in [1.807, 2.05) is 43.3 Å². The first kappa shape index (κ1) is 12.8. The van der Waals surface area contributed by atoms with Crippen molar-refractivity contribution in [2.45, 2.75) is 11.8 Å². The van der Waals surface area contributed by atoms with Crippen molar-refractivity contribution in [3.63, 3.8) is 0 Å². The van der Waals surface area contributed by atoms with Gasteiger partial charge in [-0.05, 0) is 22.9 Å². The topological polar surface area (TPSA) is 60.6 Å². The monoisotopic (exact) mass is 237 g/mol. The quantitative estimate of drug-likeness (QED) is 0.866. The Labute approximate surface area is 97.4 Å². The van der Waals surface area contributed by atoms with E-state index in [-0.39, 0.29) is 5.48 Å². The van der Waals surface area contributed by atoms with E-state index in [4.69, 9.17) is 0 Å². The van der Waals surface area contributed by atoms with E-state index in [1.54, 1.807) is 0 Å². The van der Waals surface area contributed by atoms with Gasteiger partial charge in [0.25, 0.3) is 0 Å². The zero-order chi connectivity index (χ0) is 10.7. The highest BCUT2D eigenvalue weighted by atomic mass is 32.2. The van der Waals surface area contributed by atoms with E-state index in [0.29, 0.717) is 6.54 Å². The van der Waals surface area contributed by atoms with E-state index in [0.717, 1.165) is 10.3 Å². The molecule has 1 atom stereocenters. The second-order valence-corrected chi connectivity index (χ2v) is 4.57. The van der Waals surface area contributed by atoms with Crippen molar-refractivity contribution in [2.24, 2.45) is 0 Å². The summed E-state index contributed by atoms with van der Waals surface area (Å²) in [4.78, 5) is 0.829. The predicted molar refractivity (Wildman–Crippen MR) is 67.6 cm³/mol. The van der Waals surface area contributed by atoms with Crippen LogP contribution in [0.15, 0.2) is 47.4 Å². The third-order valence-electron chi connectivity index (χ3n) is 2.21. The molecule has 1 unspecified atom stereocenters. The maximum atomic E-state index is 11.7. The van der Waals surface area contributed by atoms with Crippen molar-refractivity contribution in [2.75, 3.05) is 6.54 Å². The molecule has 86 valence electrons. The van der Waals surface area contributed by atoms with Gasteiger partial charge in [0, 0.05) is 6.54 Å². The summed E-state index contributed by atoms with van der Waals surface area (Å²) >= 11 is 0. The zero-order valence-electron chi connectivity index (χ0n) is 9.07. The van der Waals surface area contributed by atoms with Crippen molar-refractivity contribution in [1.29, 1.82) is 0 Å². The zero-order valence-corrected chi connectivity index (χ0v) is 9.88. The Hall–Kier alpha value is -1.23. The molecule has 3 nitrogen and oxygen atoms in total. The summed E-state index contributed by atoms with van der Waals surface area (Å²) in [6.07, 6.45) is 0. The summed E-state index contributed by atoms with van der Waals surface area (Å²) in [7, 11) is -1.09. The van der Waals surface area contributed by atoms with Crippen molar-refractivity contribution >= 4 is 21.8 Å². The minimum atomic E-state index is -1.09. The lowest BCUT2D eigenvalue weighted by atomic mass is 10.1. The second kappa shape index (κ2) is 5.75. The van der Waals surface area contributed by atoms with Gasteiger partial charge in [0.2, 0.25) is 0 Å². The van der Waals surface area contributed by atoms with Gasteiger partial charge in [-0.2, -0.15) is 0 Å². The lowest BCUT2D eigenvalue weighted by Crippen LogP contribution is -2.16. The minimum absolute atomic E-state index is 0. The Morgan fingerprint density at radius 2 is 1.81 bits per heavy atom. The number of fused-ring (bicyclic) bond motifs is 1. The number of rotatable bonds is 3. The summed E-state index contributed by atoms with van der Waals surface area (Å²) in [6.45, 7) is 2.65. The van der Waals surface area contributed by atoms with Crippen LogP contribution in [0, 0.1) is 0 Å². The highest BCUT2D eigenvalue weighted by Gasteiger charge is 2.02. The molecule has 0 fully saturated rings. The van der Waals surface area contributed by atoms with Crippen molar-refractivity contribution < 1.29 is 9.69 Å². The molecule has 4 heteroatoms. The standard InChI is InChI=1S/C12H13NOS.H2O/c1-2-13-15(14)12-8-7-10-5-3-4-6-11(10)9-12;/h3-9,13H,2H2,1H3;1H2. The third kappa shape index (κ3) is 2.66. The molecule has 16 heavy (non-hydrogen) atoms. The Morgan fingerprint density at radius 3 is 2.50 bits per heavy atom. The van der Waals surface area contributed by atoms with Crippen LogP contribution < -0.4 is 4.72 Å². The van der Waals surface area contributed by atoms with Gasteiger partial charge in [-0.1, -0.05) is 37.3 Å². The molecule has 0 saturated carbocycles. The molecule has 0 aromatic heterocycles. The number of hydrogen-bond acceptors (Lipinski definition) is 1. The normalized spacial score (nSPS) is 12.1. The second-order valence-electron chi connectivity index (χ2n) is 3.28. The number of nitrogens with one attached hydrogen (secondary N) is 1. The van der Waals surface area contributed by atoms with E-state index in [2.05, 4.69) is 10.8 Å². The lowest BCUT2D eigenvalue weighted by molar-refractivity contribution is 0.674. The fourth-order valence-electron chi connectivity index (χ4n) is 1.50. The van der Waals surface area contributed by atoms with Gasteiger partial charge in [0.05, 0.1) is 4.90 Å². The van der Waals surface area contributed by atoms with Gasteiger partial charge in [-0.3, -0.25) is 0 Å². The molecule has 3 N–H and O–H groups in total. The maximum absolute atomic E-state index is 11.7. The molecular formula is C12H15NO2S. The maximum Gasteiger partial charge on any atom is 0.124 e. The highest BCUT2D eigenvalue weighted by Crippen LogP contribution is 2.17. The summed E-state index contributed by atoms with van der Waals surface area (Å²) in [5.41, 5.74) is 0. The van der Waals surface area contributed by atoms with Crippen molar-refractivity contribution in [3.8, 4) is 0 Å². The molecule has 0 amide bonds. The van der Waals surface area contributed by atoms with Gasteiger partial charge in [0.1, 0.15) is 11.0 Å². The molecule has 0 aliphatic carbocycles. The van der Waals surface area contributed by atoms with Crippen molar-refractivity contribution in [1.82, 2.24) is 4.72 Å². The molecule has 2 aromatic rings. The van der Waals surface area contributed by atoms with Crippen LogP contribution in [0.4, 0.5) is 0 Å². The highest BCUT2D eigenvalue weighted by molar-refractivity contribution is 7.83. The summed E-state index contributed by atoms with van der Waals surface area (Å²) < 4.78 is 14.6. The minimum Gasteiger partial charge on any atom is -0.412 e. The van der Waals surface area contributed by atoms with E-state index in [1.165, 1.54) is 5.39 Å². The van der Waals surface area contributed by atoms with Crippen LogP contribution in [-0.2, 0) is 11.0 Å². The summed E-state index contributed by atoms with van der Waals surface area (Å²) in [6, 6.07) is 13.9. The first-order valence-electron chi connectivity index (χ1n) is 4.95. The van der Waals surface area contributed by atoms with Crippen LogP contribution in [0.3, 0.4) is 0 Å². The Bertz CT molecular complexity index is 499. The Kier molecular flexibility index (Phi) is 4.61. The number of hydrogen-bond donors (Lipinski definition) is 1. The first-order valence-corrected chi connectivity index (χ1v) is 6.10. The molecule has 0 radical (unpaired) electrons. The van der Waals surface area contributed by atoms with Crippen molar-refractivity contribution in [3.05, 3.63) is 42.5 Å². The van der Waals surface area contributed by atoms with Gasteiger partial charge < -0.3 is 5.48 Å². The Balaban J connectivity index is 0.00000128. The van der Waals surface area contributed by atoms with E-state index >= 15 is 0 Å². The van der Waals surface area contributed by atoms with Gasteiger partial charge in [-0.15, -0.1) is 0 Å². The van der Waals surface area contributed by atoms with Crippen LogP contribution in [0.1, 0.15) is 6.92 Å². The molecule has 2 rings (SSSR count). The summed E-state index contributed by atoms with van der Waals surface area (Å²) in [5.74, 6) is 0. The smallest absolute Gasteiger partial charge is 0.124 e.